The van der Waals surface area contributed by atoms with Crippen LogP contribution in [0.25, 0.3) is 232 Å². The van der Waals surface area contributed by atoms with Gasteiger partial charge in [0.1, 0.15) is 33.5 Å². The first-order valence-corrected chi connectivity index (χ1v) is 36.9. The first-order chi connectivity index (χ1) is 53.5. The molecule has 8 heterocycles. The van der Waals surface area contributed by atoms with Crippen LogP contribution in [-0.2, 0) is 0 Å². The van der Waals surface area contributed by atoms with Gasteiger partial charge in [0, 0.05) is 114 Å². The SMILES string of the molecule is c1ccc(-c2nc(-c3cccc4c3oc3cc(-n5c6ccccc6c6ccccc65)ccc34)nc(-c3cccc4c3sc3ccc(-c5cccc(-n6c7ccccc7c7cc(-c8ccc9c(c8)oc8c(-c%10nc(-c%11ccccc%11)nc(-c%11cccc%12oc%13ccccc%13c%11%12)n%10)cccc89)ccc76)c5)cc34)n2)cc1. The molecule has 0 aliphatic rings. The van der Waals surface area contributed by atoms with Gasteiger partial charge in [-0.25, -0.2) is 29.9 Å². The average Bonchev–Trinajstić information content (AvgIpc) is 1.58. The highest BCUT2D eigenvalue weighted by Crippen LogP contribution is 2.46. The van der Waals surface area contributed by atoms with Crippen molar-refractivity contribution in [2.75, 3.05) is 0 Å². The summed E-state index contributed by atoms with van der Waals surface area (Å²) < 4.78 is 27.3. The van der Waals surface area contributed by atoms with Gasteiger partial charge in [-0.1, -0.05) is 212 Å². The maximum Gasteiger partial charge on any atom is 0.167 e. The van der Waals surface area contributed by atoms with Gasteiger partial charge in [-0.15, -0.1) is 11.3 Å². The second-order valence-electron chi connectivity index (χ2n) is 27.6. The number of hydrogen-bond acceptors (Lipinski definition) is 10. The van der Waals surface area contributed by atoms with E-state index in [9.17, 15) is 0 Å². The molecule has 0 fully saturated rings. The Kier molecular flexibility index (Phi) is 13.1. The van der Waals surface area contributed by atoms with Gasteiger partial charge in [0.05, 0.1) is 33.2 Å². The Morgan fingerprint density at radius 1 is 0.222 bits per heavy atom. The summed E-state index contributed by atoms with van der Waals surface area (Å²) in [5, 5.41) is 13.0. The summed E-state index contributed by atoms with van der Waals surface area (Å²) in [5.41, 5.74) is 20.7. The molecule has 0 spiro atoms. The third-order valence-electron chi connectivity index (χ3n) is 21.5. The molecule has 0 atom stereocenters. The fourth-order valence-electron chi connectivity index (χ4n) is 16.5. The molecule has 12 heteroatoms. The van der Waals surface area contributed by atoms with Crippen molar-refractivity contribution in [2.24, 2.45) is 0 Å². The third kappa shape index (κ3) is 9.33. The van der Waals surface area contributed by atoms with Crippen molar-refractivity contribution in [3.63, 3.8) is 0 Å². The largest absolute Gasteiger partial charge is 0.456 e. The zero-order valence-electron chi connectivity index (χ0n) is 57.4. The molecule has 0 aliphatic carbocycles. The van der Waals surface area contributed by atoms with E-state index in [0.29, 0.717) is 40.5 Å². The van der Waals surface area contributed by atoms with Crippen molar-refractivity contribution in [1.29, 1.82) is 0 Å². The second-order valence-corrected chi connectivity index (χ2v) is 28.6. The molecule has 23 aromatic rings. The van der Waals surface area contributed by atoms with Crippen LogP contribution < -0.4 is 0 Å². The van der Waals surface area contributed by atoms with Crippen molar-refractivity contribution < 1.29 is 13.3 Å². The smallest absolute Gasteiger partial charge is 0.167 e. The lowest BCUT2D eigenvalue weighted by Gasteiger charge is -2.11. The summed E-state index contributed by atoms with van der Waals surface area (Å²) in [7, 11) is 0. The Morgan fingerprint density at radius 2 is 0.648 bits per heavy atom. The molecule has 0 saturated heterocycles. The standard InChI is InChI=1S/C96H54N8O3S/c1-3-20-55(21-4-1)91-97-93(72-33-19-41-83-87(72)71-29-10-14-40-82(71)105-83)101-94(98-91)73-34-16-30-68-66-46-42-60(53-84(66)106-88(68)73)58-43-48-81-76(51-58)65-28-9-13-39-80(65)103(81)61-25-15-24-57(50-61)59-44-49-86-77(52-59)70-32-18-36-75(90(70)108-86)96-100-92(56-22-5-2-6-23-56)99-95(102-96)74-35-17-31-69-67-47-45-62(54-85(67)107-89(69)74)104-78-37-11-7-26-63(78)64-27-8-12-38-79(64)104/h1-54H. The lowest BCUT2D eigenvalue weighted by molar-refractivity contribution is 0.668. The van der Waals surface area contributed by atoms with Gasteiger partial charge in [0.25, 0.3) is 0 Å². The van der Waals surface area contributed by atoms with Gasteiger partial charge in [-0.05, 0) is 131 Å². The molecule has 0 saturated carbocycles. The summed E-state index contributed by atoms with van der Waals surface area (Å²) in [5.74, 6) is 3.33. The summed E-state index contributed by atoms with van der Waals surface area (Å²) >= 11 is 1.76. The van der Waals surface area contributed by atoms with E-state index in [1.165, 1.54) is 20.9 Å². The van der Waals surface area contributed by atoms with Gasteiger partial charge < -0.3 is 22.4 Å². The van der Waals surface area contributed by atoms with Gasteiger partial charge in [0.2, 0.25) is 0 Å². The van der Waals surface area contributed by atoms with Gasteiger partial charge in [-0.3, -0.25) is 0 Å². The van der Waals surface area contributed by atoms with E-state index < -0.39 is 0 Å². The van der Waals surface area contributed by atoms with Crippen LogP contribution in [0.2, 0.25) is 0 Å². The molecule has 108 heavy (non-hydrogen) atoms. The van der Waals surface area contributed by atoms with E-state index in [-0.39, 0.29) is 0 Å². The maximum atomic E-state index is 6.99. The van der Waals surface area contributed by atoms with E-state index >= 15 is 0 Å². The number of hydrogen-bond donors (Lipinski definition) is 0. The lowest BCUT2D eigenvalue weighted by Crippen LogP contribution is -2.00. The number of rotatable bonds is 10. The van der Waals surface area contributed by atoms with Crippen molar-refractivity contribution in [1.82, 2.24) is 39.0 Å². The zero-order valence-corrected chi connectivity index (χ0v) is 58.2. The minimum atomic E-state index is 0.514. The van der Waals surface area contributed by atoms with Crippen LogP contribution in [0.15, 0.2) is 341 Å². The van der Waals surface area contributed by atoms with Crippen molar-refractivity contribution >= 4 is 141 Å². The first kappa shape index (κ1) is 60.0. The van der Waals surface area contributed by atoms with E-state index in [1.807, 2.05) is 84.9 Å². The molecule has 0 amide bonds. The Hall–Kier alpha value is -14.5. The molecule has 0 radical (unpaired) electrons. The maximum absolute atomic E-state index is 6.99. The number of aromatic nitrogens is 8. The fraction of sp³-hybridized carbons (Fsp3) is 0. The van der Waals surface area contributed by atoms with Crippen LogP contribution in [0.5, 0.6) is 0 Å². The quantitative estimate of drug-likeness (QED) is 0.131. The van der Waals surface area contributed by atoms with Crippen LogP contribution >= 0.6 is 11.3 Å². The predicted molar refractivity (Wildman–Crippen MR) is 440 cm³/mol. The average molecular weight is 1400 g/mol. The number of nitrogens with zero attached hydrogens (tertiary/aromatic N) is 8. The van der Waals surface area contributed by atoms with Crippen LogP contribution in [0, 0.1) is 0 Å². The van der Waals surface area contributed by atoms with Crippen LogP contribution in [0.1, 0.15) is 0 Å². The summed E-state index contributed by atoms with van der Waals surface area (Å²) in [4.78, 5) is 31.5. The van der Waals surface area contributed by atoms with E-state index in [4.69, 9.17) is 43.2 Å². The molecule has 0 bridgehead atoms. The van der Waals surface area contributed by atoms with Crippen molar-refractivity contribution in [2.45, 2.75) is 0 Å². The number of fused-ring (bicyclic) bond motifs is 18. The highest BCUT2D eigenvalue weighted by Gasteiger charge is 2.25. The van der Waals surface area contributed by atoms with Crippen LogP contribution in [-0.4, -0.2) is 39.0 Å². The Bertz CT molecular complexity index is 7660. The molecule has 15 aromatic carbocycles. The van der Waals surface area contributed by atoms with Gasteiger partial charge in [-0.2, -0.15) is 0 Å². The zero-order chi connectivity index (χ0) is 70.7. The van der Waals surface area contributed by atoms with E-state index in [2.05, 4.69) is 252 Å². The molecule has 0 unspecified atom stereocenters. The minimum Gasteiger partial charge on any atom is -0.456 e. The second kappa shape index (κ2) is 23.5. The number of para-hydroxylation sites is 6. The molecule has 0 aliphatic heterocycles. The number of thiophene rings is 1. The normalized spacial score (nSPS) is 12.1. The Balaban J connectivity index is 0.587. The van der Waals surface area contributed by atoms with Crippen molar-refractivity contribution in [3.05, 3.63) is 328 Å². The van der Waals surface area contributed by atoms with E-state index in [0.717, 1.165) is 170 Å². The molecular weight excluding hydrogens is 1350 g/mol. The highest BCUT2D eigenvalue weighted by atomic mass is 32.1. The summed E-state index contributed by atoms with van der Waals surface area (Å²) in [6, 6.07) is 115. The lowest BCUT2D eigenvalue weighted by atomic mass is 10.0. The first-order valence-electron chi connectivity index (χ1n) is 36.0. The highest BCUT2D eigenvalue weighted by molar-refractivity contribution is 7.26. The van der Waals surface area contributed by atoms with Crippen molar-refractivity contribution in [3.8, 4) is 102 Å². The molecular formula is C96H54N8O3S. The monoisotopic (exact) mass is 1400 g/mol. The topological polar surface area (TPSA) is 127 Å². The number of furan rings is 3. The fourth-order valence-corrected chi connectivity index (χ4v) is 17.7. The Morgan fingerprint density at radius 3 is 1.31 bits per heavy atom. The van der Waals surface area contributed by atoms with Crippen LogP contribution in [0.4, 0.5) is 0 Å². The molecule has 8 aromatic heterocycles. The summed E-state index contributed by atoms with van der Waals surface area (Å²) in [6.45, 7) is 0. The Labute approximate surface area is 618 Å². The summed E-state index contributed by atoms with van der Waals surface area (Å²) in [6.07, 6.45) is 0. The minimum absolute atomic E-state index is 0.514. The predicted octanol–water partition coefficient (Wildman–Crippen LogP) is 25.7. The molecule has 11 nitrogen and oxygen atoms in total. The molecule has 502 valence electrons. The van der Waals surface area contributed by atoms with Gasteiger partial charge in [0.15, 0.2) is 34.9 Å². The molecule has 0 N–H and O–H groups in total. The van der Waals surface area contributed by atoms with Gasteiger partial charge >= 0.3 is 0 Å². The van der Waals surface area contributed by atoms with E-state index in [1.54, 1.807) is 11.3 Å². The third-order valence-corrected chi connectivity index (χ3v) is 22.7. The molecule has 23 rings (SSSR count). The van der Waals surface area contributed by atoms with Crippen LogP contribution in [0.3, 0.4) is 0 Å². The number of benzene rings is 15.